The third-order valence-corrected chi connectivity index (χ3v) is 4.84. The molecule has 6 heteroatoms. The fourth-order valence-electron chi connectivity index (χ4n) is 2.46. The number of hydrogen-bond acceptors (Lipinski definition) is 4. The van der Waals surface area contributed by atoms with E-state index in [9.17, 15) is 9.59 Å². The average Bonchev–Trinajstić information content (AvgIpc) is 3.07. The molecule has 0 spiro atoms. The minimum absolute atomic E-state index is 0.257. The van der Waals surface area contributed by atoms with Crippen LogP contribution in [0.25, 0.3) is 11.1 Å². The van der Waals surface area contributed by atoms with Crippen LogP contribution >= 0.6 is 22.9 Å². The highest BCUT2D eigenvalue weighted by atomic mass is 35.5. The van der Waals surface area contributed by atoms with Gasteiger partial charge in [0.1, 0.15) is 10.6 Å². The fraction of sp³-hybridized carbons (Fsp3) is 0.100. The Morgan fingerprint density at radius 3 is 2.42 bits per heavy atom. The van der Waals surface area contributed by atoms with Gasteiger partial charge in [-0.05, 0) is 36.8 Å². The van der Waals surface area contributed by atoms with Crippen molar-refractivity contribution in [3.05, 3.63) is 76.1 Å². The number of hydrogen-bond donors (Lipinski definition) is 1. The zero-order valence-electron chi connectivity index (χ0n) is 14.0. The van der Waals surface area contributed by atoms with Crippen LogP contribution in [0, 0.1) is 0 Å². The number of benzene rings is 2. The molecule has 0 bridgehead atoms. The lowest BCUT2D eigenvalue weighted by molar-refractivity contribution is 0.0529. The number of anilines is 1. The van der Waals surface area contributed by atoms with Crippen molar-refractivity contribution in [2.45, 2.75) is 6.92 Å². The molecule has 0 aliphatic heterocycles. The molecule has 0 radical (unpaired) electrons. The van der Waals surface area contributed by atoms with Crippen molar-refractivity contribution >= 4 is 39.8 Å². The molecule has 0 atom stereocenters. The predicted molar refractivity (Wildman–Crippen MR) is 105 cm³/mol. The van der Waals surface area contributed by atoms with Gasteiger partial charge in [-0.3, -0.25) is 4.79 Å². The Hall–Kier alpha value is -2.63. The molecule has 4 nitrogen and oxygen atoms in total. The summed E-state index contributed by atoms with van der Waals surface area (Å²) in [5.41, 5.74) is 2.45. The van der Waals surface area contributed by atoms with Crippen LogP contribution in [-0.4, -0.2) is 18.5 Å². The largest absolute Gasteiger partial charge is 0.462 e. The highest BCUT2D eigenvalue weighted by Gasteiger charge is 2.23. The molecule has 3 aromatic rings. The van der Waals surface area contributed by atoms with E-state index >= 15 is 0 Å². The van der Waals surface area contributed by atoms with Crippen molar-refractivity contribution < 1.29 is 14.3 Å². The monoisotopic (exact) mass is 385 g/mol. The summed E-state index contributed by atoms with van der Waals surface area (Å²) in [4.78, 5) is 25.0. The van der Waals surface area contributed by atoms with Gasteiger partial charge in [0.15, 0.2) is 0 Å². The zero-order valence-corrected chi connectivity index (χ0v) is 15.6. The Morgan fingerprint density at radius 2 is 1.77 bits per heavy atom. The van der Waals surface area contributed by atoms with E-state index in [2.05, 4.69) is 5.32 Å². The molecule has 2 aromatic carbocycles. The van der Waals surface area contributed by atoms with E-state index in [-0.39, 0.29) is 12.5 Å². The summed E-state index contributed by atoms with van der Waals surface area (Å²) in [6, 6.07) is 16.1. The van der Waals surface area contributed by atoms with Crippen LogP contribution in [0.2, 0.25) is 5.02 Å². The standard InChI is InChI=1S/C20H16ClNO3S/c1-2-25-20(24)17-16(13-6-4-3-5-7-13)12-26-19(17)22-18(23)14-8-10-15(21)11-9-14/h3-12H,2H2,1H3,(H,22,23). The summed E-state index contributed by atoms with van der Waals surface area (Å²) in [5.74, 6) is -0.771. The van der Waals surface area contributed by atoms with Gasteiger partial charge in [-0.2, -0.15) is 0 Å². The number of rotatable bonds is 5. The van der Waals surface area contributed by atoms with Gasteiger partial charge in [0.25, 0.3) is 5.91 Å². The Balaban J connectivity index is 1.96. The third kappa shape index (κ3) is 3.95. The summed E-state index contributed by atoms with van der Waals surface area (Å²) < 4.78 is 5.19. The third-order valence-electron chi connectivity index (χ3n) is 3.69. The van der Waals surface area contributed by atoms with E-state index in [4.69, 9.17) is 16.3 Å². The molecule has 0 saturated heterocycles. The van der Waals surface area contributed by atoms with Crippen LogP contribution in [-0.2, 0) is 4.74 Å². The molecule has 26 heavy (non-hydrogen) atoms. The summed E-state index contributed by atoms with van der Waals surface area (Å²) in [5, 5.41) is 5.67. The van der Waals surface area contributed by atoms with Gasteiger partial charge in [0.2, 0.25) is 0 Å². The maximum absolute atomic E-state index is 12.5. The van der Waals surface area contributed by atoms with E-state index in [0.29, 0.717) is 21.2 Å². The Morgan fingerprint density at radius 1 is 1.08 bits per heavy atom. The van der Waals surface area contributed by atoms with Crippen molar-refractivity contribution in [1.29, 1.82) is 0 Å². The number of nitrogens with one attached hydrogen (secondary N) is 1. The Bertz CT molecular complexity index is 920. The molecule has 1 aromatic heterocycles. The quantitative estimate of drug-likeness (QED) is 0.590. The van der Waals surface area contributed by atoms with E-state index in [1.807, 2.05) is 35.7 Å². The molecule has 3 rings (SSSR count). The lowest BCUT2D eigenvalue weighted by atomic mass is 10.0. The first-order valence-electron chi connectivity index (χ1n) is 8.01. The normalized spacial score (nSPS) is 10.4. The van der Waals surface area contributed by atoms with Crippen LogP contribution < -0.4 is 5.32 Å². The Kier molecular flexibility index (Phi) is 5.71. The second-order valence-electron chi connectivity index (χ2n) is 5.40. The number of amides is 1. The maximum atomic E-state index is 12.5. The lowest BCUT2D eigenvalue weighted by Crippen LogP contribution is -2.14. The number of carbonyl (C=O) groups excluding carboxylic acids is 2. The SMILES string of the molecule is CCOC(=O)c1c(-c2ccccc2)csc1NC(=O)c1ccc(Cl)cc1. The van der Waals surface area contributed by atoms with Gasteiger partial charge in [-0.15, -0.1) is 11.3 Å². The van der Waals surface area contributed by atoms with E-state index in [0.717, 1.165) is 11.1 Å². The predicted octanol–water partition coefficient (Wildman–Crippen LogP) is 5.50. The fourth-order valence-corrected chi connectivity index (χ4v) is 3.54. The highest BCUT2D eigenvalue weighted by molar-refractivity contribution is 7.15. The molecular weight excluding hydrogens is 370 g/mol. The highest BCUT2D eigenvalue weighted by Crippen LogP contribution is 2.36. The lowest BCUT2D eigenvalue weighted by Gasteiger charge is -2.09. The smallest absolute Gasteiger partial charge is 0.341 e. The number of ether oxygens (including phenoxy) is 1. The maximum Gasteiger partial charge on any atom is 0.341 e. The summed E-state index contributed by atoms with van der Waals surface area (Å²) in [7, 11) is 0. The number of halogens is 1. The minimum atomic E-state index is -0.459. The Labute approximate surface area is 160 Å². The van der Waals surface area contributed by atoms with Gasteiger partial charge in [0, 0.05) is 21.5 Å². The molecule has 0 unspecified atom stereocenters. The van der Waals surface area contributed by atoms with Gasteiger partial charge < -0.3 is 10.1 Å². The number of thiophene rings is 1. The first-order valence-corrected chi connectivity index (χ1v) is 9.27. The summed E-state index contributed by atoms with van der Waals surface area (Å²) >= 11 is 7.15. The molecule has 132 valence electrons. The molecule has 0 fully saturated rings. The second kappa shape index (κ2) is 8.17. The first kappa shape index (κ1) is 18.2. The average molecular weight is 386 g/mol. The molecule has 1 heterocycles. The number of carbonyl (C=O) groups is 2. The molecule has 1 amide bonds. The second-order valence-corrected chi connectivity index (χ2v) is 6.72. The van der Waals surface area contributed by atoms with Crippen LogP contribution in [0.3, 0.4) is 0 Å². The van der Waals surface area contributed by atoms with Crippen molar-refractivity contribution in [3.8, 4) is 11.1 Å². The zero-order chi connectivity index (χ0) is 18.5. The van der Waals surface area contributed by atoms with Gasteiger partial charge in [-0.1, -0.05) is 41.9 Å². The molecule has 0 saturated carbocycles. The van der Waals surface area contributed by atoms with Crippen LogP contribution in [0.4, 0.5) is 5.00 Å². The van der Waals surface area contributed by atoms with Crippen molar-refractivity contribution in [2.75, 3.05) is 11.9 Å². The minimum Gasteiger partial charge on any atom is -0.462 e. The van der Waals surface area contributed by atoms with Crippen LogP contribution in [0.1, 0.15) is 27.6 Å². The summed E-state index contributed by atoms with van der Waals surface area (Å²) in [6.07, 6.45) is 0. The van der Waals surface area contributed by atoms with Crippen molar-refractivity contribution in [1.82, 2.24) is 0 Å². The van der Waals surface area contributed by atoms with E-state index in [1.165, 1.54) is 11.3 Å². The van der Waals surface area contributed by atoms with Crippen molar-refractivity contribution in [2.24, 2.45) is 0 Å². The van der Waals surface area contributed by atoms with E-state index < -0.39 is 5.97 Å². The topological polar surface area (TPSA) is 55.4 Å². The van der Waals surface area contributed by atoms with Gasteiger partial charge >= 0.3 is 5.97 Å². The summed E-state index contributed by atoms with van der Waals surface area (Å²) in [6.45, 7) is 2.01. The van der Waals surface area contributed by atoms with Crippen LogP contribution in [0.5, 0.6) is 0 Å². The van der Waals surface area contributed by atoms with Crippen molar-refractivity contribution in [3.63, 3.8) is 0 Å². The molecule has 0 aliphatic rings. The molecule has 0 aliphatic carbocycles. The molecular formula is C20H16ClNO3S. The van der Waals surface area contributed by atoms with Crippen LogP contribution in [0.15, 0.2) is 60.0 Å². The van der Waals surface area contributed by atoms with Gasteiger partial charge in [-0.25, -0.2) is 4.79 Å². The molecule has 1 N–H and O–H groups in total. The van der Waals surface area contributed by atoms with Gasteiger partial charge in [0.05, 0.1) is 6.61 Å². The first-order chi connectivity index (χ1) is 12.6. The number of esters is 1. The van der Waals surface area contributed by atoms with E-state index in [1.54, 1.807) is 31.2 Å².